The molecule has 0 aromatic heterocycles. The molecule has 3 aromatic rings. The third kappa shape index (κ3) is 4.90. The summed E-state index contributed by atoms with van der Waals surface area (Å²) >= 11 is 1.48. The molecule has 10 rings (SSSR count). The van der Waals surface area contributed by atoms with Crippen molar-refractivity contribution in [2.45, 2.75) is 74.6 Å². The van der Waals surface area contributed by atoms with Crippen LogP contribution in [0.5, 0.6) is 40.2 Å². The molecule has 0 amide bonds. The van der Waals surface area contributed by atoms with Crippen molar-refractivity contribution in [3.63, 3.8) is 0 Å². The average molecular weight is 771 g/mol. The van der Waals surface area contributed by atoms with Crippen LogP contribution in [0.3, 0.4) is 0 Å². The molecule has 1 spiro atoms. The molecular formula is C40H42N4O10S. The van der Waals surface area contributed by atoms with Gasteiger partial charge in [0.25, 0.3) is 0 Å². The molecule has 288 valence electrons. The van der Waals surface area contributed by atoms with E-state index in [1.54, 1.807) is 12.1 Å². The first-order valence-electron chi connectivity index (χ1n) is 18.3. The van der Waals surface area contributed by atoms with Crippen LogP contribution in [0.15, 0.2) is 18.2 Å². The molecule has 7 heterocycles. The van der Waals surface area contributed by atoms with Gasteiger partial charge in [-0.25, -0.2) is 4.79 Å². The summed E-state index contributed by atoms with van der Waals surface area (Å²) in [5.41, 5.74) is 4.41. The quantitative estimate of drug-likeness (QED) is 0.258. The summed E-state index contributed by atoms with van der Waals surface area (Å²) < 4.78 is 36.1. The Morgan fingerprint density at radius 3 is 2.56 bits per heavy atom. The molecular weight excluding hydrogens is 729 g/mol. The van der Waals surface area contributed by atoms with Gasteiger partial charge in [-0.1, -0.05) is 6.07 Å². The first-order valence-corrected chi connectivity index (χ1v) is 19.4. The number of rotatable bonds is 3. The van der Waals surface area contributed by atoms with E-state index in [0.29, 0.717) is 70.2 Å². The van der Waals surface area contributed by atoms with Gasteiger partial charge in [-0.15, -0.1) is 11.8 Å². The number of hydrogen-bond donors (Lipinski definition) is 3. The number of carbonyl (C=O) groups excluding carboxylic acids is 2. The number of carbonyl (C=O) groups is 2. The number of piperazine rings is 1. The molecule has 4 bridgehead atoms. The SMILES string of the molecule is COc1cc2c(cc1O)CCN[C@@]21CS[C@H]2c3c(OC(C)=O)c(C)c4c(c3[C@H](COC1=O)N1[C@@H]2[C@H]2c3c(cc(C)c(OC)c3O)C[C@@H]([C@@H]1C#N)N2C)OCO4. The van der Waals surface area contributed by atoms with Crippen LogP contribution in [0.4, 0.5) is 0 Å². The van der Waals surface area contributed by atoms with Crippen molar-refractivity contribution in [3.05, 3.63) is 62.7 Å². The van der Waals surface area contributed by atoms with Crippen molar-refractivity contribution < 1.29 is 48.2 Å². The number of hydrogen-bond acceptors (Lipinski definition) is 15. The smallest absolute Gasteiger partial charge is 0.331 e. The van der Waals surface area contributed by atoms with Gasteiger partial charge < -0.3 is 38.6 Å². The van der Waals surface area contributed by atoms with Crippen LogP contribution in [0.2, 0.25) is 0 Å². The second-order valence-electron chi connectivity index (χ2n) is 15.1. The van der Waals surface area contributed by atoms with Gasteiger partial charge in [0, 0.05) is 53.6 Å². The molecule has 0 unspecified atom stereocenters. The molecule has 7 atom stereocenters. The van der Waals surface area contributed by atoms with Crippen LogP contribution in [-0.4, -0.2) is 97.0 Å². The van der Waals surface area contributed by atoms with Crippen molar-refractivity contribution in [3.8, 4) is 46.3 Å². The number of nitrogens with zero attached hydrogens (tertiary/aromatic N) is 3. The number of likely N-dealkylation sites (N-methyl/N-ethyl adjacent to an activating group) is 1. The Labute approximate surface area is 322 Å². The normalized spacial score (nSPS) is 28.9. The maximum Gasteiger partial charge on any atom is 0.331 e. The fourth-order valence-electron chi connectivity index (χ4n) is 10.2. The van der Waals surface area contributed by atoms with Gasteiger partial charge in [-0.05, 0) is 68.1 Å². The Hall–Kier alpha value is -4.88. The zero-order valence-electron chi connectivity index (χ0n) is 31.3. The molecule has 0 aliphatic carbocycles. The molecule has 3 N–H and O–H groups in total. The Morgan fingerprint density at radius 1 is 1.05 bits per heavy atom. The summed E-state index contributed by atoms with van der Waals surface area (Å²) in [6, 6.07) is 5.28. The number of methoxy groups -OCH3 is 2. The lowest BCUT2D eigenvalue weighted by Gasteiger charge is -2.62. The number of phenolic OH excluding ortho intramolecular Hbond substituents is 2. The second kappa shape index (κ2) is 12.8. The van der Waals surface area contributed by atoms with E-state index < -0.39 is 46.9 Å². The number of aromatic hydroxyl groups is 2. The molecule has 0 saturated carbocycles. The van der Waals surface area contributed by atoms with Crippen LogP contribution in [0.1, 0.15) is 68.8 Å². The van der Waals surface area contributed by atoms with Crippen LogP contribution in [0.25, 0.3) is 0 Å². The van der Waals surface area contributed by atoms with Gasteiger partial charge in [0.1, 0.15) is 18.4 Å². The maximum atomic E-state index is 14.7. The van der Waals surface area contributed by atoms with E-state index in [1.165, 1.54) is 32.9 Å². The van der Waals surface area contributed by atoms with E-state index in [-0.39, 0.29) is 42.4 Å². The van der Waals surface area contributed by atoms with Crippen molar-refractivity contribution in [2.75, 3.05) is 47.0 Å². The van der Waals surface area contributed by atoms with Crippen LogP contribution in [-0.2, 0) is 32.7 Å². The van der Waals surface area contributed by atoms with Gasteiger partial charge >= 0.3 is 11.9 Å². The molecule has 7 aliphatic heterocycles. The number of ether oxygens (including phenoxy) is 6. The molecule has 3 aromatic carbocycles. The molecule has 55 heavy (non-hydrogen) atoms. The van der Waals surface area contributed by atoms with Crippen molar-refractivity contribution in [2.24, 2.45) is 0 Å². The lowest BCUT2D eigenvalue weighted by Crippen LogP contribution is -2.69. The van der Waals surface area contributed by atoms with Gasteiger partial charge in [-0.3, -0.25) is 19.9 Å². The predicted molar refractivity (Wildman–Crippen MR) is 198 cm³/mol. The second-order valence-corrected chi connectivity index (χ2v) is 16.2. The Morgan fingerprint density at radius 2 is 1.84 bits per heavy atom. The topological polar surface area (TPSA) is 172 Å². The lowest BCUT2D eigenvalue weighted by molar-refractivity contribution is -0.157. The van der Waals surface area contributed by atoms with Crippen LogP contribution >= 0.6 is 11.8 Å². The van der Waals surface area contributed by atoms with Crippen molar-refractivity contribution in [1.82, 2.24) is 15.1 Å². The summed E-state index contributed by atoms with van der Waals surface area (Å²) in [6.45, 7) is 5.28. The van der Waals surface area contributed by atoms with Crippen LogP contribution in [0, 0.1) is 25.2 Å². The van der Waals surface area contributed by atoms with E-state index in [9.17, 15) is 25.1 Å². The fourth-order valence-corrected chi connectivity index (χ4v) is 11.9. The number of nitrogens with one attached hydrogen (secondary N) is 1. The molecule has 14 nitrogen and oxygen atoms in total. The van der Waals surface area contributed by atoms with E-state index >= 15 is 0 Å². The van der Waals surface area contributed by atoms with Gasteiger partial charge in [-0.2, -0.15) is 5.26 Å². The number of fused-ring (bicyclic) bond motifs is 9. The first-order chi connectivity index (χ1) is 26.4. The highest BCUT2D eigenvalue weighted by Crippen LogP contribution is 2.64. The van der Waals surface area contributed by atoms with Gasteiger partial charge in [0.05, 0.1) is 37.6 Å². The average Bonchev–Trinajstić information content (AvgIpc) is 3.65. The number of benzene rings is 3. The van der Waals surface area contributed by atoms with E-state index in [0.717, 1.165) is 16.7 Å². The highest BCUT2D eigenvalue weighted by Gasteiger charge is 2.62. The summed E-state index contributed by atoms with van der Waals surface area (Å²) in [6.07, 6.45) is 1.05. The number of phenols is 2. The molecule has 2 fully saturated rings. The predicted octanol–water partition coefficient (Wildman–Crippen LogP) is 3.99. The highest BCUT2D eigenvalue weighted by molar-refractivity contribution is 7.99. The third-order valence-corrected chi connectivity index (χ3v) is 13.9. The minimum atomic E-state index is -1.36. The molecule has 15 heteroatoms. The molecule has 2 saturated heterocycles. The zero-order valence-corrected chi connectivity index (χ0v) is 32.2. The number of thioether (sulfide) groups is 1. The summed E-state index contributed by atoms with van der Waals surface area (Å²) in [5, 5.41) is 36.9. The number of aryl methyl sites for hydroxylation is 1. The Balaban J connectivity index is 1.33. The third-order valence-electron chi connectivity index (χ3n) is 12.4. The summed E-state index contributed by atoms with van der Waals surface area (Å²) in [7, 11) is 4.99. The summed E-state index contributed by atoms with van der Waals surface area (Å²) in [5.74, 6) is 0.973. The summed E-state index contributed by atoms with van der Waals surface area (Å²) in [4.78, 5) is 32.0. The largest absolute Gasteiger partial charge is 0.504 e. The minimum absolute atomic E-state index is 0.0239. The van der Waals surface area contributed by atoms with Crippen LogP contribution < -0.4 is 29.0 Å². The molecule has 7 aliphatic rings. The van der Waals surface area contributed by atoms with Gasteiger partial charge in [0.15, 0.2) is 40.0 Å². The standard InChI is InChI=1S/C40H42N4O10S/c1-17-9-21-10-23-24(13-41)44-25-14-51-39(48)40(22-12-27(49-5)26(46)11-20(22)7-8-42-40)15-55-38(32(44)31(43(23)4)28(21)33(47)34(17)50-6)30-29(25)37-36(52-16-53-37)18(2)35(30)54-19(3)45/h9,11-12,23-25,31-32,38,42,46-47H,7-8,10,14-16H2,1-6H3/t23-,24-,25-,31+,32+,38-,40-/m0/s1. The first kappa shape index (κ1) is 35.8. The van der Waals surface area contributed by atoms with Crippen molar-refractivity contribution in [1.29, 1.82) is 5.26 Å². The minimum Gasteiger partial charge on any atom is -0.504 e. The number of nitriles is 1. The maximum absolute atomic E-state index is 14.7. The van der Waals surface area contributed by atoms with Crippen molar-refractivity contribution >= 4 is 23.7 Å². The number of esters is 2. The van der Waals surface area contributed by atoms with E-state index in [1.807, 2.05) is 27.0 Å². The van der Waals surface area contributed by atoms with E-state index in [2.05, 4.69) is 21.2 Å². The Bertz CT molecular complexity index is 2220. The monoisotopic (exact) mass is 770 g/mol. The molecule has 0 radical (unpaired) electrons. The Kier molecular flexibility index (Phi) is 8.36. The zero-order chi connectivity index (χ0) is 38.7. The fraction of sp³-hybridized carbons (Fsp3) is 0.475. The highest BCUT2D eigenvalue weighted by atomic mass is 32.2. The van der Waals surface area contributed by atoms with E-state index in [4.69, 9.17) is 28.4 Å². The van der Waals surface area contributed by atoms with Gasteiger partial charge in [0.2, 0.25) is 6.79 Å². The lowest BCUT2D eigenvalue weighted by atomic mass is 9.71.